The van der Waals surface area contributed by atoms with Gasteiger partial charge in [-0.1, -0.05) is 37.2 Å². The number of benzene rings is 1. The first-order chi connectivity index (χ1) is 8.16. The highest BCUT2D eigenvalue weighted by Gasteiger charge is 2.10. The highest BCUT2D eigenvalue weighted by Crippen LogP contribution is 2.18. The molecule has 4 nitrogen and oxygen atoms in total. The number of para-hydroxylation sites is 1. The number of nitrogens with zero attached hydrogens (tertiary/aromatic N) is 2. The maximum Gasteiger partial charge on any atom is 0.264 e. The largest absolute Gasteiger partial charge is 0.483 e. The minimum atomic E-state index is 0.269. The van der Waals surface area contributed by atoms with E-state index < -0.39 is 0 Å². The third-order valence-corrected chi connectivity index (χ3v) is 2.44. The first-order valence-corrected chi connectivity index (χ1v) is 5.67. The van der Waals surface area contributed by atoms with Crippen LogP contribution in [-0.2, 0) is 6.61 Å². The minimum Gasteiger partial charge on any atom is -0.483 e. The Kier molecular flexibility index (Phi) is 3.42. The second-order valence-electron chi connectivity index (χ2n) is 4.26. The fraction of sp³-hybridized carbons (Fsp3) is 0.385. The van der Waals surface area contributed by atoms with E-state index in [0.29, 0.717) is 18.3 Å². The van der Waals surface area contributed by atoms with Crippen LogP contribution in [0.5, 0.6) is 5.75 Å². The van der Waals surface area contributed by atoms with Crippen LogP contribution in [0.4, 0.5) is 0 Å². The Bertz CT molecular complexity index is 492. The highest BCUT2D eigenvalue weighted by molar-refractivity contribution is 5.31. The van der Waals surface area contributed by atoms with Crippen molar-refractivity contribution in [1.29, 1.82) is 0 Å². The maximum absolute atomic E-state index is 5.62. The molecule has 0 aliphatic carbocycles. The lowest BCUT2D eigenvalue weighted by Gasteiger charge is -2.05. The second-order valence-corrected chi connectivity index (χ2v) is 4.26. The van der Waals surface area contributed by atoms with E-state index in [2.05, 4.69) is 10.1 Å². The summed E-state index contributed by atoms with van der Waals surface area (Å²) in [5, 5.41) is 3.88. The van der Waals surface area contributed by atoms with Gasteiger partial charge >= 0.3 is 0 Å². The van der Waals surface area contributed by atoms with E-state index in [-0.39, 0.29) is 5.92 Å². The third-order valence-electron chi connectivity index (χ3n) is 2.44. The van der Waals surface area contributed by atoms with E-state index in [1.54, 1.807) is 0 Å². The molecule has 0 amide bonds. The molecule has 0 N–H and O–H groups in total. The van der Waals surface area contributed by atoms with Crippen LogP contribution < -0.4 is 4.74 Å². The van der Waals surface area contributed by atoms with Gasteiger partial charge in [0, 0.05) is 5.92 Å². The maximum atomic E-state index is 5.62. The molecule has 0 atom stereocenters. The average Bonchev–Trinajstić information content (AvgIpc) is 2.77. The first-order valence-electron chi connectivity index (χ1n) is 5.67. The molecule has 17 heavy (non-hydrogen) atoms. The smallest absolute Gasteiger partial charge is 0.264 e. The Morgan fingerprint density at radius 2 is 2.06 bits per heavy atom. The van der Waals surface area contributed by atoms with E-state index in [9.17, 15) is 0 Å². The molecular formula is C13H16N2O2. The van der Waals surface area contributed by atoms with Crippen molar-refractivity contribution in [3.63, 3.8) is 0 Å². The first kappa shape index (κ1) is 11.6. The van der Waals surface area contributed by atoms with Gasteiger partial charge in [0.25, 0.3) is 5.89 Å². The summed E-state index contributed by atoms with van der Waals surface area (Å²) in [6.45, 7) is 6.36. The number of ether oxygens (including phenoxy) is 1. The number of rotatable bonds is 4. The lowest BCUT2D eigenvalue weighted by molar-refractivity contribution is 0.241. The van der Waals surface area contributed by atoms with Crippen molar-refractivity contribution < 1.29 is 9.26 Å². The number of aromatic nitrogens is 2. The molecule has 1 aromatic heterocycles. The predicted molar refractivity (Wildman–Crippen MR) is 63.9 cm³/mol. The van der Waals surface area contributed by atoms with Gasteiger partial charge in [0.05, 0.1) is 0 Å². The minimum absolute atomic E-state index is 0.269. The second kappa shape index (κ2) is 4.99. The Morgan fingerprint density at radius 1 is 1.29 bits per heavy atom. The quantitative estimate of drug-likeness (QED) is 0.812. The van der Waals surface area contributed by atoms with Crippen LogP contribution in [0.2, 0.25) is 0 Å². The summed E-state index contributed by atoms with van der Waals surface area (Å²) < 4.78 is 10.7. The van der Waals surface area contributed by atoms with Crippen LogP contribution in [0.3, 0.4) is 0 Å². The Balaban J connectivity index is 2.00. The van der Waals surface area contributed by atoms with Gasteiger partial charge in [-0.3, -0.25) is 0 Å². The molecule has 0 aliphatic heterocycles. The molecule has 4 heteroatoms. The molecule has 1 aromatic carbocycles. The Labute approximate surface area is 101 Å². The molecule has 0 unspecified atom stereocenters. The Hall–Kier alpha value is -1.84. The lowest BCUT2D eigenvalue weighted by atomic mass is 10.2. The van der Waals surface area contributed by atoms with Crippen molar-refractivity contribution in [2.45, 2.75) is 33.3 Å². The molecule has 90 valence electrons. The SMILES string of the molecule is Cc1ccccc1OCc1nc(C(C)C)no1. The summed E-state index contributed by atoms with van der Waals surface area (Å²) in [5.74, 6) is 2.34. The fourth-order valence-electron chi connectivity index (χ4n) is 1.42. The molecule has 0 radical (unpaired) electrons. The van der Waals surface area contributed by atoms with Crippen LogP contribution in [0.25, 0.3) is 0 Å². The number of hydrogen-bond donors (Lipinski definition) is 0. The predicted octanol–water partition coefficient (Wildman–Crippen LogP) is 3.08. The van der Waals surface area contributed by atoms with Crippen molar-refractivity contribution in [1.82, 2.24) is 10.1 Å². The summed E-state index contributed by atoms with van der Waals surface area (Å²) in [7, 11) is 0. The van der Waals surface area contributed by atoms with E-state index in [1.807, 2.05) is 45.0 Å². The van der Waals surface area contributed by atoms with Crippen LogP contribution in [0.15, 0.2) is 28.8 Å². The zero-order chi connectivity index (χ0) is 12.3. The molecule has 0 saturated heterocycles. The average molecular weight is 232 g/mol. The zero-order valence-electron chi connectivity index (χ0n) is 10.3. The number of hydrogen-bond acceptors (Lipinski definition) is 4. The van der Waals surface area contributed by atoms with Gasteiger partial charge in [-0.05, 0) is 18.6 Å². The van der Waals surface area contributed by atoms with E-state index in [1.165, 1.54) is 0 Å². The summed E-state index contributed by atoms with van der Waals surface area (Å²) in [6, 6.07) is 7.85. The third kappa shape index (κ3) is 2.84. The standard InChI is InChI=1S/C13H16N2O2/c1-9(2)13-14-12(17-15-13)8-16-11-7-5-4-6-10(11)3/h4-7,9H,8H2,1-3H3. The Morgan fingerprint density at radius 3 is 2.71 bits per heavy atom. The fourth-order valence-corrected chi connectivity index (χ4v) is 1.42. The highest BCUT2D eigenvalue weighted by atomic mass is 16.5. The van der Waals surface area contributed by atoms with Crippen LogP contribution >= 0.6 is 0 Å². The molecule has 0 aliphatic rings. The van der Waals surface area contributed by atoms with Gasteiger partial charge < -0.3 is 9.26 Å². The summed E-state index contributed by atoms with van der Waals surface area (Å²) in [5.41, 5.74) is 1.09. The van der Waals surface area contributed by atoms with Crippen LogP contribution in [0, 0.1) is 6.92 Å². The topological polar surface area (TPSA) is 48.2 Å². The van der Waals surface area contributed by atoms with Gasteiger partial charge in [0.1, 0.15) is 5.75 Å². The summed E-state index contributed by atoms with van der Waals surface area (Å²) in [6.07, 6.45) is 0. The number of aryl methyl sites for hydroxylation is 1. The molecular weight excluding hydrogens is 216 g/mol. The van der Waals surface area contributed by atoms with Crippen molar-refractivity contribution in [3.8, 4) is 5.75 Å². The van der Waals surface area contributed by atoms with Crippen LogP contribution in [0.1, 0.15) is 37.0 Å². The normalized spacial score (nSPS) is 10.8. The molecule has 0 bridgehead atoms. The zero-order valence-corrected chi connectivity index (χ0v) is 10.3. The molecule has 1 heterocycles. The molecule has 0 spiro atoms. The van der Waals surface area contributed by atoms with Crippen molar-refractivity contribution in [2.24, 2.45) is 0 Å². The van der Waals surface area contributed by atoms with Gasteiger partial charge in [-0.25, -0.2) is 0 Å². The molecule has 2 rings (SSSR count). The van der Waals surface area contributed by atoms with Gasteiger partial charge in [0.2, 0.25) is 0 Å². The lowest BCUT2D eigenvalue weighted by Crippen LogP contribution is -1.98. The molecule has 0 saturated carbocycles. The van der Waals surface area contributed by atoms with E-state index >= 15 is 0 Å². The van der Waals surface area contributed by atoms with Gasteiger partial charge in [-0.2, -0.15) is 4.98 Å². The van der Waals surface area contributed by atoms with E-state index in [4.69, 9.17) is 9.26 Å². The molecule has 0 fully saturated rings. The van der Waals surface area contributed by atoms with Crippen molar-refractivity contribution in [2.75, 3.05) is 0 Å². The van der Waals surface area contributed by atoms with Gasteiger partial charge in [-0.15, -0.1) is 0 Å². The van der Waals surface area contributed by atoms with E-state index in [0.717, 1.165) is 11.3 Å². The van der Waals surface area contributed by atoms with Crippen molar-refractivity contribution >= 4 is 0 Å². The summed E-state index contributed by atoms with van der Waals surface area (Å²) in [4.78, 5) is 4.25. The summed E-state index contributed by atoms with van der Waals surface area (Å²) >= 11 is 0. The van der Waals surface area contributed by atoms with Gasteiger partial charge in [0.15, 0.2) is 12.4 Å². The molecule has 2 aromatic rings. The monoisotopic (exact) mass is 232 g/mol. The van der Waals surface area contributed by atoms with Crippen LogP contribution in [-0.4, -0.2) is 10.1 Å². The van der Waals surface area contributed by atoms with Crippen molar-refractivity contribution in [3.05, 3.63) is 41.5 Å².